The van der Waals surface area contributed by atoms with E-state index in [0.717, 1.165) is 5.56 Å². The minimum Gasteiger partial charge on any atom is -0.496 e. The molecule has 1 amide bonds. The highest BCUT2D eigenvalue weighted by molar-refractivity contribution is 6.31. The lowest BCUT2D eigenvalue weighted by atomic mass is 10.0. The Morgan fingerprint density at radius 2 is 2.11 bits per heavy atom. The molecule has 2 aromatic carbocycles. The smallest absolute Gasteiger partial charge is 0.243 e. The van der Waals surface area contributed by atoms with Crippen LogP contribution < -0.4 is 15.5 Å². The number of aromatic nitrogens is 2. The van der Waals surface area contributed by atoms with Crippen LogP contribution in [0.15, 0.2) is 36.7 Å². The highest BCUT2D eigenvalue weighted by Crippen LogP contribution is 2.31. The zero-order valence-electron chi connectivity index (χ0n) is 14.3. The van der Waals surface area contributed by atoms with Crippen molar-refractivity contribution in [2.45, 2.75) is 12.8 Å². The summed E-state index contributed by atoms with van der Waals surface area (Å²) < 4.78 is 18.7. The summed E-state index contributed by atoms with van der Waals surface area (Å²) in [4.78, 5) is 19.8. The molecule has 3 rings (SSSR count). The van der Waals surface area contributed by atoms with Gasteiger partial charge in [-0.1, -0.05) is 11.6 Å². The molecule has 140 valence electrons. The Morgan fingerprint density at radius 1 is 1.30 bits per heavy atom. The van der Waals surface area contributed by atoms with Crippen molar-refractivity contribution in [3.05, 3.63) is 53.1 Å². The highest BCUT2D eigenvalue weighted by atomic mass is 35.5. The lowest BCUT2D eigenvalue weighted by molar-refractivity contribution is -0.129. The predicted molar refractivity (Wildman–Crippen MR) is 99.0 cm³/mol. The summed E-state index contributed by atoms with van der Waals surface area (Å²) in [5.74, 6) is 0.0608. The molecule has 0 aliphatic heterocycles. The SMILES string of the molecule is COc1cc2ncnc(Nc3ccc(F)c(Cl)c3)c2cc1CCC(=O)NO. The molecule has 7 nitrogen and oxygen atoms in total. The van der Waals surface area contributed by atoms with Crippen LogP contribution >= 0.6 is 11.6 Å². The Kier molecular flexibility index (Phi) is 5.68. The molecule has 0 fully saturated rings. The summed E-state index contributed by atoms with van der Waals surface area (Å²) in [6.45, 7) is 0. The van der Waals surface area contributed by atoms with Gasteiger partial charge in [0.15, 0.2) is 0 Å². The van der Waals surface area contributed by atoms with Gasteiger partial charge in [-0.15, -0.1) is 0 Å². The molecular formula is C18H16ClFN4O3. The molecule has 9 heteroatoms. The lowest BCUT2D eigenvalue weighted by Gasteiger charge is -2.13. The Bertz CT molecular complexity index is 1000. The van der Waals surface area contributed by atoms with E-state index in [1.165, 1.54) is 25.6 Å². The topological polar surface area (TPSA) is 96.4 Å². The summed E-state index contributed by atoms with van der Waals surface area (Å²) in [6.07, 6.45) is 1.83. The van der Waals surface area contributed by atoms with Crippen molar-refractivity contribution in [2.75, 3.05) is 12.4 Å². The van der Waals surface area contributed by atoms with Gasteiger partial charge in [0.05, 0.1) is 17.6 Å². The van der Waals surface area contributed by atoms with Gasteiger partial charge in [0.1, 0.15) is 23.7 Å². The molecule has 0 saturated heterocycles. The van der Waals surface area contributed by atoms with E-state index in [1.807, 2.05) is 6.07 Å². The third kappa shape index (κ3) is 4.24. The molecule has 0 atom stereocenters. The van der Waals surface area contributed by atoms with E-state index in [9.17, 15) is 9.18 Å². The van der Waals surface area contributed by atoms with Crippen molar-refractivity contribution in [3.63, 3.8) is 0 Å². The molecule has 1 heterocycles. The molecule has 3 aromatic rings. The van der Waals surface area contributed by atoms with Crippen LogP contribution in [0.3, 0.4) is 0 Å². The number of rotatable bonds is 6. The van der Waals surface area contributed by atoms with Crippen LogP contribution in [0.5, 0.6) is 5.75 Å². The lowest BCUT2D eigenvalue weighted by Crippen LogP contribution is -2.18. The van der Waals surface area contributed by atoms with Gasteiger partial charge >= 0.3 is 0 Å². The predicted octanol–water partition coefficient (Wildman–Crippen LogP) is 3.61. The molecule has 3 N–H and O–H groups in total. The number of halogens is 2. The number of fused-ring (bicyclic) bond motifs is 1. The van der Waals surface area contributed by atoms with Crippen LogP contribution in [0.2, 0.25) is 5.02 Å². The molecule has 0 saturated carbocycles. The van der Waals surface area contributed by atoms with E-state index in [1.54, 1.807) is 17.6 Å². The summed E-state index contributed by atoms with van der Waals surface area (Å²) in [6, 6.07) is 7.82. The Morgan fingerprint density at radius 3 is 2.81 bits per heavy atom. The third-order valence-electron chi connectivity index (χ3n) is 3.97. The van der Waals surface area contributed by atoms with Gasteiger partial charge in [-0.3, -0.25) is 10.0 Å². The first-order valence-electron chi connectivity index (χ1n) is 7.98. The number of ether oxygens (including phenoxy) is 1. The number of methoxy groups -OCH3 is 1. The van der Waals surface area contributed by atoms with E-state index in [0.29, 0.717) is 34.6 Å². The van der Waals surface area contributed by atoms with Gasteiger partial charge in [-0.05, 0) is 36.2 Å². The molecular weight excluding hydrogens is 375 g/mol. The van der Waals surface area contributed by atoms with Gasteiger partial charge < -0.3 is 10.1 Å². The number of hydrogen-bond donors (Lipinski definition) is 3. The summed E-state index contributed by atoms with van der Waals surface area (Å²) in [7, 11) is 1.53. The van der Waals surface area contributed by atoms with Crippen LogP contribution in [0.4, 0.5) is 15.9 Å². The van der Waals surface area contributed by atoms with Crippen molar-refractivity contribution in [3.8, 4) is 5.75 Å². The number of aryl methyl sites for hydroxylation is 1. The van der Waals surface area contributed by atoms with E-state index >= 15 is 0 Å². The van der Waals surface area contributed by atoms with E-state index < -0.39 is 11.7 Å². The van der Waals surface area contributed by atoms with Crippen LogP contribution in [0, 0.1) is 5.82 Å². The van der Waals surface area contributed by atoms with Gasteiger partial charge in [0, 0.05) is 23.6 Å². The van der Waals surface area contributed by atoms with Crippen molar-refractivity contribution >= 4 is 39.9 Å². The number of benzene rings is 2. The third-order valence-corrected chi connectivity index (χ3v) is 4.26. The second-order valence-corrected chi connectivity index (χ2v) is 6.10. The number of nitrogens with zero attached hydrogens (tertiary/aromatic N) is 2. The van der Waals surface area contributed by atoms with Crippen molar-refractivity contribution in [1.29, 1.82) is 0 Å². The monoisotopic (exact) mass is 390 g/mol. The van der Waals surface area contributed by atoms with Gasteiger partial charge in [-0.25, -0.2) is 19.8 Å². The molecule has 27 heavy (non-hydrogen) atoms. The Balaban J connectivity index is 2.00. The normalized spacial score (nSPS) is 10.7. The maximum absolute atomic E-state index is 13.4. The van der Waals surface area contributed by atoms with Gasteiger partial charge in [0.25, 0.3) is 0 Å². The van der Waals surface area contributed by atoms with Crippen LogP contribution in [0.1, 0.15) is 12.0 Å². The number of carbonyl (C=O) groups is 1. The fourth-order valence-electron chi connectivity index (χ4n) is 2.63. The van der Waals surface area contributed by atoms with Crippen LogP contribution in [-0.2, 0) is 11.2 Å². The van der Waals surface area contributed by atoms with E-state index in [2.05, 4.69) is 15.3 Å². The summed E-state index contributed by atoms with van der Waals surface area (Å²) in [5.41, 5.74) is 3.56. The van der Waals surface area contributed by atoms with Crippen molar-refractivity contribution in [2.24, 2.45) is 0 Å². The van der Waals surface area contributed by atoms with E-state index in [-0.39, 0.29) is 11.4 Å². The number of carbonyl (C=O) groups excluding carboxylic acids is 1. The molecule has 0 aliphatic rings. The average molecular weight is 391 g/mol. The number of nitrogens with one attached hydrogen (secondary N) is 2. The standard InChI is InChI=1S/C18H16ClFN4O3/c1-27-16-8-15-12(6-10(16)2-5-17(25)24-26)18(22-9-21-15)23-11-3-4-14(20)13(19)7-11/h3-4,6-9,26H,2,5H2,1H3,(H,24,25)(H,21,22,23). The Hall–Kier alpha value is -2.97. The van der Waals surface area contributed by atoms with Crippen molar-refractivity contribution in [1.82, 2.24) is 15.4 Å². The van der Waals surface area contributed by atoms with Crippen LogP contribution in [0.25, 0.3) is 10.9 Å². The van der Waals surface area contributed by atoms with Gasteiger partial charge in [0.2, 0.25) is 5.91 Å². The molecule has 1 aromatic heterocycles. The first-order chi connectivity index (χ1) is 13.0. The highest BCUT2D eigenvalue weighted by Gasteiger charge is 2.12. The Labute approximate surface area is 159 Å². The largest absolute Gasteiger partial charge is 0.496 e. The maximum atomic E-state index is 13.4. The zero-order chi connectivity index (χ0) is 19.4. The molecule has 0 radical (unpaired) electrons. The van der Waals surface area contributed by atoms with Crippen molar-refractivity contribution < 1.29 is 19.1 Å². The molecule has 0 spiro atoms. The van der Waals surface area contributed by atoms with E-state index in [4.69, 9.17) is 21.5 Å². The zero-order valence-corrected chi connectivity index (χ0v) is 15.0. The average Bonchev–Trinajstić information content (AvgIpc) is 2.68. The second-order valence-electron chi connectivity index (χ2n) is 5.69. The maximum Gasteiger partial charge on any atom is 0.243 e. The van der Waals surface area contributed by atoms with Crippen LogP contribution in [-0.4, -0.2) is 28.2 Å². The summed E-state index contributed by atoms with van der Waals surface area (Å²) >= 11 is 5.83. The number of amides is 1. The quantitative estimate of drug-likeness (QED) is 0.439. The molecule has 0 bridgehead atoms. The first kappa shape index (κ1) is 18.8. The minimum atomic E-state index is -0.510. The second kappa shape index (κ2) is 8.15. The van der Waals surface area contributed by atoms with Gasteiger partial charge in [-0.2, -0.15) is 0 Å². The first-order valence-corrected chi connectivity index (χ1v) is 8.36. The fourth-order valence-corrected chi connectivity index (χ4v) is 2.81. The number of hydroxylamine groups is 1. The molecule has 0 unspecified atom stereocenters. The summed E-state index contributed by atoms with van der Waals surface area (Å²) in [5, 5.41) is 12.4. The molecule has 0 aliphatic carbocycles. The number of hydrogen-bond acceptors (Lipinski definition) is 6. The minimum absolute atomic E-state index is 0.00395. The fraction of sp³-hybridized carbons (Fsp3) is 0.167. The number of anilines is 2.